The fourth-order valence-electron chi connectivity index (χ4n) is 2.62. The van der Waals surface area contributed by atoms with Crippen LogP contribution in [0.4, 0.5) is 5.95 Å². The van der Waals surface area contributed by atoms with Crippen molar-refractivity contribution >= 4 is 17.5 Å². The van der Waals surface area contributed by atoms with Gasteiger partial charge in [0.15, 0.2) is 0 Å². The second kappa shape index (κ2) is 5.57. The lowest BCUT2D eigenvalue weighted by molar-refractivity contribution is 0.499. The molecule has 3 nitrogen and oxygen atoms in total. The van der Waals surface area contributed by atoms with Crippen LogP contribution in [0.1, 0.15) is 24.3 Å². The molecule has 2 heterocycles. The van der Waals surface area contributed by atoms with Crippen LogP contribution in [0.2, 0.25) is 5.15 Å². The number of hydrogen-bond donors (Lipinski definition) is 0. The fourth-order valence-corrected chi connectivity index (χ4v) is 2.75. The van der Waals surface area contributed by atoms with E-state index < -0.39 is 0 Å². The topological polar surface area (TPSA) is 29.0 Å². The van der Waals surface area contributed by atoms with E-state index in [9.17, 15) is 0 Å². The number of benzene rings is 1. The highest BCUT2D eigenvalue weighted by atomic mass is 35.5. The zero-order chi connectivity index (χ0) is 13.1. The SMILES string of the molecule is Clc1ccnc(N2CCC(c3ccccc3)CC2)n1. The molecule has 0 N–H and O–H groups in total. The van der Waals surface area contributed by atoms with Gasteiger partial charge < -0.3 is 4.90 Å². The van der Waals surface area contributed by atoms with E-state index in [2.05, 4.69) is 45.2 Å². The molecular formula is C15H16ClN3. The van der Waals surface area contributed by atoms with Crippen LogP contribution in [-0.2, 0) is 0 Å². The molecule has 0 radical (unpaired) electrons. The predicted molar refractivity (Wildman–Crippen MR) is 77.7 cm³/mol. The Kier molecular flexibility index (Phi) is 3.65. The highest BCUT2D eigenvalue weighted by Crippen LogP contribution is 2.29. The first-order valence-electron chi connectivity index (χ1n) is 6.61. The van der Waals surface area contributed by atoms with Crippen molar-refractivity contribution < 1.29 is 0 Å². The minimum Gasteiger partial charge on any atom is -0.341 e. The van der Waals surface area contributed by atoms with E-state index >= 15 is 0 Å². The molecule has 1 fully saturated rings. The Balaban J connectivity index is 1.67. The Morgan fingerprint density at radius 1 is 1.05 bits per heavy atom. The third kappa shape index (κ3) is 2.87. The lowest BCUT2D eigenvalue weighted by Gasteiger charge is -2.32. The molecule has 19 heavy (non-hydrogen) atoms. The van der Waals surface area contributed by atoms with Crippen LogP contribution in [0.25, 0.3) is 0 Å². The first-order valence-corrected chi connectivity index (χ1v) is 6.99. The Bertz CT molecular complexity index is 536. The van der Waals surface area contributed by atoms with Crippen molar-refractivity contribution in [2.75, 3.05) is 18.0 Å². The van der Waals surface area contributed by atoms with Crippen LogP contribution in [-0.4, -0.2) is 23.1 Å². The molecule has 0 saturated carbocycles. The first kappa shape index (κ1) is 12.4. The third-order valence-corrected chi connectivity index (χ3v) is 3.87. The molecule has 98 valence electrons. The van der Waals surface area contributed by atoms with Crippen LogP contribution in [0, 0.1) is 0 Å². The summed E-state index contributed by atoms with van der Waals surface area (Å²) in [7, 11) is 0. The minimum atomic E-state index is 0.509. The molecule has 0 amide bonds. The summed E-state index contributed by atoms with van der Waals surface area (Å²) < 4.78 is 0. The van der Waals surface area contributed by atoms with Crippen LogP contribution in [0.3, 0.4) is 0 Å². The molecule has 0 spiro atoms. The number of halogens is 1. The number of rotatable bonds is 2. The van der Waals surface area contributed by atoms with E-state index in [4.69, 9.17) is 11.6 Å². The van der Waals surface area contributed by atoms with Crippen LogP contribution in [0.15, 0.2) is 42.6 Å². The zero-order valence-corrected chi connectivity index (χ0v) is 11.4. The summed E-state index contributed by atoms with van der Waals surface area (Å²) in [6.07, 6.45) is 3.99. The van der Waals surface area contributed by atoms with Gasteiger partial charge in [-0.2, -0.15) is 0 Å². The minimum absolute atomic E-state index is 0.509. The maximum atomic E-state index is 5.91. The van der Waals surface area contributed by atoms with Crippen molar-refractivity contribution in [3.63, 3.8) is 0 Å². The average molecular weight is 274 g/mol. The van der Waals surface area contributed by atoms with Crippen LogP contribution < -0.4 is 4.90 Å². The van der Waals surface area contributed by atoms with Gasteiger partial charge in [0.2, 0.25) is 5.95 Å². The molecule has 1 aliphatic rings. The second-order valence-corrected chi connectivity index (χ2v) is 5.24. The van der Waals surface area contributed by atoms with Gasteiger partial charge in [0.25, 0.3) is 0 Å². The van der Waals surface area contributed by atoms with Crippen LogP contribution in [0.5, 0.6) is 0 Å². The number of hydrogen-bond acceptors (Lipinski definition) is 3. The van der Waals surface area contributed by atoms with Gasteiger partial charge in [0.1, 0.15) is 5.15 Å². The third-order valence-electron chi connectivity index (χ3n) is 3.66. The van der Waals surface area contributed by atoms with Crippen molar-refractivity contribution in [3.8, 4) is 0 Å². The van der Waals surface area contributed by atoms with Crippen molar-refractivity contribution in [1.29, 1.82) is 0 Å². The number of piperidine rings is 1. The van der Waals surface area contributed by atoms with E-state index in [1.807, 2.05) is 0 Å². The fraction of sp³-hybridized carbons (Fsp3) is 0.333. The standard InChI is InChI=1S/C15H16ClN3/c16-14-6-9-17-15(18-14)19-10-7-13(8-11-19)12-4-2-1-3-5-12/h1-6,9,13H,7-8,10-11H2. The van der Waals surface area contributed by atoms with E-state index in [0.29, 0.717) is 11.1 Å². The van der Waals surface area contributed by atoms with E-state index in [1.54, 1.807) is 12.3 Å². The van der Waals surface area contributed by atoms with E-state index in [0.717, 1.165) is 31.9 Å². The van der Waals surface area contributed by atoms with Gasteiger partial charge in [-0.25, -0.2) is 9.97 Å². The summed E-state index contributed by atoms with van der Waals surface area (Å²) in [5, 5.41) is 0.509. The van der Waals surface area contributed by atoms with Gasteiger partial charge in [-0.3, -0.25) is 0 Å². The largest absolute Gasteiger partial charge is 0.341 e. The molecule has 1 aliphatic heterocycles. The van der Waals surface area contributed by atoms with Gasteiger partial charge >= 0.3 is 0 Å². The number of anilines is 1. The molecule has 0 aliphatic carbocycles. The quantitative estimate of drug-likeness (QED) is 0.784. The van der Waals surface area contributed by atoms with Gasteiger partial charge in [-0.1, -0.05) is 41.9 Å². The maximum absolute atomic E-state index is 5.91. The molecule has 1 aromatic heterocycles. The summed E-state index contributed by atoms with van der Waals surface area (Å²) in [4.78, 5) is 10.8. The molecule has 0 bridgehead atoms. The van der Waals surface area contributed by atoms with Crippen molar-refractivity contribution in [3.05, 3.63) is 53.3 Å². The number of aromatic nitrogens is 2. The summed E-state index contributed by atoms with van der Waals surface area (Å²) >= 11 is 5.91. The molecule has 1 aromatic carbocycles. The molecule has 2 aromatic rings. The Morgan fingerprint density at radius 3 is 2.47 bits per heavy atom. The summed E-state index contributed by atoms with van der Waals surface area (Å²) in [6.45, 7) is 1.97. The molecule has 3 rings (SSSR count). The lowest BCUT2D eigenvalue weighted by atomic mass is 9.90. The molecule has 0 unspecified atom stereocenters. The monoisotopic (exact) mass is 273 g/mol. The normalized spacial score (nSPS) is 16.6. The van der Waals surface area contributed by atoms with Crippen molar-refractivity contribution in [1.82, 2.24) is 9.97 Å². The van der Waals surface area contributed by atoms with Gasteiger partial charge in [0, 0.05) is 19.3 Å². The van der Waals surface area contributed by atoms with Crippen molar-refractivity contribution in [2.45, 2.75) is 18.8 Å². The van der Waals surface area contributed by atoms with Gasteiger partial charge in [-0.05, 0) is 30.4 Å². The predicted octanol–water partition coefficient (Wildman–Crippen LogP) is 3.51. The Morgan fingerprint density at radius 2 is 1.79 bits per heavy atom. The van der Waals surface area contributed by atoms with Gasteiger partial charge in [-0.15, -0.1) is 0 Å². The maximum Gasteiger partial charge on any atom is 0.226 e. The van der Waals surface area contributed by atoms with Crippen LogP contribution >= 0.6 is 11.6 Å². The smallest absolute Gasteiger partial charge is 0.226 e. The summed E-state index contributed by atoms with van der Waals surface area (Å²) in [5.41, 5.74) is 1.44. The lowest BCUT2D eigenvalue weighted by Crippen LogP contribution is -2.34. The Labute approximate surface area is 118 Å². The highest BCUT2D eigenvalue weighted by molar-refractivity contribution is 6.29. The first-order chi connectivity index (χ1) is 9.33. The Hall–Kier alpha value is -1.61. The van der Waals surface area contributed by atoms with E-state index in [1.165, 1.54) is 5.56 Å². The summed E-state index contributed by atoms with van der Waals surface area (Å²) in [5.74, 6) is 1.40. The molecule has 4 heteroatoms. The van der Waals surface area contributed by atoms with Crippen molar-refractivity contribution in [2.24, 2.45) is 0 Å². The summed E-state index contributed by atoms with van der Waals surface area (Å²) in [6, 6.07) is 12.4. The highest BCUT2D eigenvalue weighted by Gasteiger charge is 2.21. The van der Waals surface area contributed by atoms with Gasteiger partial charge in [0.05, 0.1) is 0 Å². The zero-order valence-electron chi connectivity index (χ0n) is 10.7. The molecular weight excluding hydrogens is 258 g/mol. The van der Waals surface area contributed by atoms with E-state index in [-0.39, 0.29) is 0 Å². The number of nitrogens with zero attached hydrogens (tertiary/aromatic N) is 3. The average Bonchev–Trinajstić information content (AvgIpc) is 2.48. The molecule has 0 atom stereocenters. The second-order valence-electron chi connectivity index (χ2n) is 4.85. The molecule has 1 saturated heterocycles.